The highest BCUT2D eigenvalue weighted by Crippen LogP contribution is 2.31. The fourth-order valence-electron chi connectivity index (χ4n) is 2.84. The van der Waals surface area contributed by atoms with Crippen molar-refractivity contribution < 1.29 is 14.5 Å². The van der Waals surface area contributed by atoms with E-state index in [-0.39, 0.29) is 34.8 Å². The SMILES string of the molecule is CNC(=O)CCNC(=O)C1CCN(c2ccccc2[N+](=O)[O-])CC1. The van der Waals surface area contributed by atoms with E-state index in [1.54, 1.807) is 25.2 Å². The topological polar surface area (TPSA) is 105 Å². The number of anilines is 1. The molecule has 0 saturated carbocycles. The van der Waals surface area contributed by atoms with E-state index in [2.05, 4.69) is 10.6 Å². The van der Waals surface area contributed by atoms with E-state index in [0.717, 1.165) is 0 Å². The number of amides is 2. The fraction of sp³-hybridized carbons (Fsp3) is 0.500. The first-order valence-electron chi connectivity index (χ1n) is 7.99. The van der Waals surface area contributed by atoms with Gasteiger partial charge in [-0.05, 0) is 18.9 Å². The van der Waals surface area contributed by atoms with Crippen LogP contribution in [0.25, 0.3) is 0 Å². The number of hydrogen-bond donors (Lipinski definition) is 2. The molecular weight excluding hydrogens is 312 g/mol. The second-order valence-electron chi connectivity index (χ2n) is 5.72. The van der Waals surface area contributed by atoms with Gasteiger partial charge in [-0.3, -0.25) is 19.7 Å². The van der Waals surface area contributed by atoms with Crippen molar-refractivity contribution in [3.05, 3.63) is 34.4 Å². The average Bonchev–Trinajstić information content (AvgIpc) is 2.61. The van der Waals surface area contributed by atoms with E-state index in [1.807, 2.05) is 4.90 Å². The minimum atomic E-state index is -0.382. The van der Waals surface area contributed by atoms with Gasteiger partial charge >= 0.3 is 0 Å². The maximum atomic E-state index is 12.1. The zero-order valence-electron chi connectivity index (χ0n) is 13.7. The van der Waals surface area contributed by atoms with E-state index in [9.17, 15) is 19.7 Å². The number of piperidine rings is 1. The lowest BCUT2D eigenvalue weighted by molar-refractivity contribution is -0.384. The van der Waals surface area contributed by atoms with E-state index in [1.165, 1.54) is 6.07 Å². The number of hydrogen-bond acceptors (Lipinski definition) is 5. The number of nitro groups is 1. The number of nitrogens with zero attached hydrogens (tertiary/aromatic N) is 2. The summed E-state index contributed by atoms with van der Waals surface area (Å²) in [6, 6.07) is 6.66. The third-order valence-corrected chi connectivity index (χ3v) is 4.21. The van der Waals surface area contributed by atoms with Crippen LogP contribution in [0.1, 0.15) is 19.3 Å². The van der Waals surface area contributed by atoms with Crippen LogP contribution in [0, 0.1) is 16.0 Å². The molecule has 0 atom stereocenters. The van der Waals surface area contributed by atoms with Gasteiger partial charge in [0.05, 0.1) is 4.92 Å². The highest BCUT2D eigenvalue weighted by molar-refractivity contribution is 5.80. The second-order valence-corrected chi connectivity index (χ2v) is 5.72. The smallest absolute Gasteiger partial charge is 0.292 e. The van der Waals surface area contributed by atoms with Gasteiger partial charge in [-0.15, -0.1) is 0 Å². The Morgan fingerprint density at radius 1 is 1.29 bits per heavy atom. The Hall–Kier alpha value is -2.64. The number of rotatable bonds is 6. The Balaban J connectivity index is 1.86. The molecule has 1 saturated heterocycles. The minimum Gasteiger partial charge on any atom is -0.366 e. The number of para-hydroxylation sites is 2. The molecular formula is C16H22N4O4. The first-order chi connectivity index (χ1) is 11.5. The summed E-state index contributed by atoms with van der Waals surface area (Å²) in [6.45, 7) is 1.51. The van der Waals surface area contributed by atoms with Crippen LogP contribution in [0.2, 0.25) is 0 Å². The van der Waals surface area contributed by atoms with Gasteiger partial charge in [0.25, 0.3) is 5.69 Å². The van der Waals surface area contributed by atoms with Crippen LogP contribution < -0.4 is 15.5 Å². The summed E-state index contributed by atoms with van der Waals surface area (Å²) >= 11 is 0. The number of nitrogens with one attached hydrogen (secondary N) is 2. The van der Waals surface area contributed by atoms with E-state index in [0.29, 0.717) is 38.2 Å². The van der Waals surface area contributed by atoms with Crippen LogP contribution in [0.15, 0.2) is 24.3 Å². The number of nitro benzene ring substituents is 1. The van der Waals surface area contributed by atoms with Crippen LogP contribution in [0.5, 0.6) is 0 Å². The summed E-state index contributed by atoms with van der Waals surface area (Å²) in [5, 5.41) is 16.4. The summed E-state index contributed by atoms with van der Waals surface area (Å²) < 4.78 is 0. The molecule has 2 amide bonds. The Morgan fingerprint density at radius 2 is 1.96 bits per heavy atom. The summed E-state index contributed by atoms with van der Waals surface area (Å²) in [6.07, 6.45) is 1.53. The number of benzene rings is 1. The quantitative estimate of drug-likeness (QED) is 0.598. The molecule has 1 aromatic rings. The predicted octanol–water partition coefficient (Wildman–Crippen LogP) is 1.06. The van der Waals surface area contributed by atoms with Gasteiger partial charge in [0, 0.05) is 45.1 Å². The van der Waals surface area contributed by atoms with Gasteiger partial charge in [-0.25, -0.2) is 0 Å². The van der Waals surface area contributed by atoms with Crippen LogP contribution in [-0.4, -0.2) is 43.4 Å². The Morgan fingerprint density at radius 3 is 2.58 bits per heavy atom. The molecule has 8 heteroatoms. The van der Waals surface area contributed by atoms with Crippen molar-refractivity contribution in [2.45, 2.75) is 19.3 Å². The van der Waals surface area contributed by atoms with Crippen LogP contribution in [0.4, 0.5) is 11.4 Å². The number of carbonyl (C=O) groups is 2. The monoisotopic (exact) mass is 334 g/mol. The first-order valence-corrected chi connectivity index (χ1v) is 7.99. The lowest BCUT2D eigenvalue weighted by Crippen LogP contribution is -2.41. The van der Waals surface area contributed by atoms with Gasteiger partial charge in [0.1, 0.15) is 5.69 Å². The molecule has 0 radical (unpaired) electrons. The molecule has 1 heterocycles. The average molecular weight is 334 g/mol. The normalized spacial score (nSPS) is 15.0. The molecule has 1 aromatic carbocycles. The molecule has 0 spiro atoms. The van der Waals surface area contributed by atoms with Gasteiger partial charge in [0.2, 0.25) is 11.8 Å². The summed E-state index contributed by atoms with van der Waals surface area (Å²) in [4.78, 5) is 35.9. The van der Waals surface area contributed by atoms with Crippen molar-refractivity contribution in [1.29, 1.82) is 0 Å². The van der Waals surface area contributed by atoms with Gasteiger partial charge in [0.15, 0.2) is 0 Å². The van der Waals surface area contributed by atoms with Crippen molar-refractivity contribution in [2.24, 2.45) is 5.92 Å². The highest BCUT2D eigenvalue weighted by Gasteiger charge is 2.27. The van der Waals surface area contributed by atoms with E-state index in [4.69, 9.17) is 0 Å². The van der Waals surface area contributed by atoms with Gasteiger partial charge < -0.3 is 15.5 Å². The van der Waals surface area contributed by atoms with Crippen LogP contribution >= 0.6 is 0 Å². The van der Waals surface area contributed by atoms with Crippen molar-refractivity contribution in [2.75, 3.05) is 31.6 Å². The molecule has 24 heavy (non-hydrogen) atoms. The second kappa shape index (κ2) is 8.28. The minimum absolute atomic E-state index is 0.0545. The molecule has 2 rings (SSSR count). The molecule has 2 N–H and O–H groups in total. The molecule has 130 valence electrons. The van der Waals surface area contributed by atoms with E-state index < -0.39 is 0 Å². The van der Waals surface area contributed by atoms with Crippen molar-refractivity contribution in [3.63, 3.8) is 0 Å². The summed E-state index contributed by atoms with van der Waals surface area (Å²) in [5.41, 5.74) is 0.687. The van der Waals surface area contributed by atoms with Gasteiger partial charge in [-0.2, -0.15) is 0 Å². The molecule has 0 aromatic heterocycles. The van der Waals surface area contributed by atoms with Crippen LogP contribution in [0.3, 0.4) is 0 Å². The Kier molecular flexibility index (Phi) is 6.11. The fourth-order valence-corrected chi connectivity index (χ4v) is 2.84. The first kappa shape index (κ1) is 17.7. The Bertz CT molecular complexity index is 612. The molecule has 8 nitrogen and oxygen atoms in total. The zero-order chi connectivity index (χ0) is 17.5. The molecule has 1 fully saturated rings. The van der Waals surface area contributed by atoms with E-state index >= 15 is 0 Å². The predicted molar refractivity (Wildman–Crippen MR) is 89.7 cm³/mol. The largest absolute Gasteiger partial charge is 0.366 e. The third kappa shape index (κ3) is 4.43. The van der Waals surface area contributed by atoms with Gasteiger partial charge in [-0.1, -0.05) is 12.1 Å². The van der Waals surface area contributed by atoms with Crippen molar-refractivity contribution in [3.8, 4) is 0 Å². The maximum Gasteiger partial charge on any atom is 0.292 e. The van der Waals surface area contributed by atoms with Crippen molar-refractivity contribution in [1.82, 2.24) is 10.6 Å². The maximum absolute atomic E-state index is 12.1. The molecule has 0 unspecified atom stereocenters. The molecule has 0 bridgehead atoms. The standard InChI is InChI=1S/C16H22N4O4/c1-17-15(21)6-9-18-16(22)12-7-10-19(11-8-12)13-4-2-3-5-14(13)20(23)24/h2-5,12H,6-11H2,1H3,(H,17,21)(H,18,22). The summed E-state index contributed by atoms with van der Waals surface area (Å²) in [5.74, 6) is -0.281. The molecule has 1 aliphatic rings. The molecule has 0 aliphatic carbocycles. The summed E-state index contributed by atoms with van der Waals surface area (Å²) in [7, 11) is 1.56. The Labute approximate surface area is 140 Å². The van der Waals surface area contributed by atoms with Crippen molar-refractivity contribution >= 4 is 23.2 Å². The molecule has 1 aliphatic heterocycles. The zero-order valence-corrected chi connectivity index (χ0v) is 13.7. The van der Waals surface area contributed by atoms with Crippen LogP contribution in [-0.2, 0) is 9.59 Å². The highest BCUT2D eigenvalue weighted by atomic mass is 16.6. The lowest BCUT2D eigenvalue weighted by atomic mass is 9.95. The number of carbonyl (C=O) groups excluding carboxylic acids is 2. The lowest BCUT2D eigenvalue weighted by Gasteiger charge is -2.32. The third-order valence-electron chi connectivity index (χ3n) is 4.21.